The van der Waals surface area contributed by atoms with E-state index in [0.717, 1.165) is 5.56 Å². The second-order valence-electron chi connectivity index (χ2n) is 8.79. The summed E-state index contributed by atoms with van der Waals surface area (Å²) in [5, 5.41) is 4.19. The van der Waals surface area contributed by atoms with Crippen LogP contribution in [0.5, 0.6) is 5.75 Å². The minimum atomic E-state index is -0.819. The monoisotopic (exact) mass is 546 g/mol. The fourth-order valence-corrected chi connectivity index (χ4v) is 4.32. The highest BCUT2D eigenvalue weighted by Crippen LogP contribution is 2.28. The zero-order chi connectivity index (χ0) is 26.1. The number of benzene rings is 3. The van der Waals surface area contributed by atoms with Gasteiger partial charge in [0.15, 0.2) is 6.61 Å². The third kappa shape index (κ3) is 7.89. The van der Waals surface area contributed by atoms with Crippen LogP contribution in [0.1, 0.15) is 25.0 Å². The molecule has 0 aliphatic heterocycles. The fraction of sp³-hybridized carbons (Fsp3) is 0.286. The van der Waals surface area contributed by atoms with Crippen molar-refractivity contribution in [3.05, 3.63) is 99.0 Å². The zero-order valence-corrected chi connectivity index (χ0v) is 22.5. The molecule has 0 bridgehead atoms. The highest BCUT2D eigenvalue weighted by Gasteiger charge is 2.31. The Balaban J connectivity index is 1.96. The Morgan fingerprint density at radius 3 is 2.11 bits per heavy atom. The van der Waals surface area contributed by atoms with Gasteiger partial charge in [-0.1, -0.05) is 97.2 Å². The van der Waals surface area contributed by atoms with Gasteiger partial charge in [-0.3, -0.25) is 9.59 Å². The topological polar surface area (TPSA) is 58.6 Å². The average molecular weight is 548 g/mol. The van der Waals surface area contributed by atoms with Crippen molar-refractivity contribution in [3.63, 3.8) is 0 Å². The van der Waals surface area contributed by atoms with Gasteiger partial charge in [0.2, 0.25) is 5.91 Å². The van der Waals surface area contributed by atoms with Crippen molar-refractivity contribution in [3.8, 4) is 5.75 Å². The van der Waals surface area contributed by atoms with Crippen LogP contribution >= 0.6 is 34.8 Å². The van der Waals surface area contributed by atoms with Gasteiger partial charge in [-0.15, -0.1) is 0 Å². The predicted molar refractivity (Wildman–Crippen MR) is 146 cm³/mol. The first-order chi connectivity index (χ1) is 17.3. The zero-order valence-electron chi connectivity index (χ0n) is 20.2. The van der Waals surface area contributed by atoms with Gasteiger partial charge in [-0.25, -0.2) is 0 Å². The number of nitrogens with one attached hydrogen (secondary N) is 1. The number of hydrogen-bond donors (Lipinski definition) is 1. The lowest BCUT2D eigenvalue weighted by Gasteiger charge is -2.32. The summed E-state index contributed by atoms with van der Waals surface area (Å²) in [4.78, 5) is 28.6. The second kappa shape index (κ2) is 13.5. The summed E-state index contributed by atoms with van der Waals surface area (Å²) in [6.45, 7) is 4.23. The van der Waals surface area contributed by atoms with Crippen molar-refractivity contribution >= 4 is 46.6 Å². The molecule has 5 nitrogen and oxygen atoms in total. The number of carbonyl (C=O) groups is 2. The summed E-state index contributed by atoms with van der Waals surface area (Å²) in [7, 11) is 0. The molecular formula is C28H29Cl3N2O3. The molecule has 3 aromatic carbocycles. The maximum Gasteiger partial charge on any atom is 0.261 e. The number of carbonyl (C=O) groups excluding carboxylic acids is 2. The second-order valence-corrected chi connectivity index (χ2v) is 10.0. The van der Waals surface area contributed by atoms with Crippen molar-refractivity contribution in [2.75, 3.05) is 13.2 Å². The van der Waals surface area contributed by atoms with E-state index in [1.807, 2.05) is 44.2 Å². The number of amides is 2. The molecule has 0 fully saturated rings. The van der Waals surface area contributed by atoms with Gasteiger partial charge in [-0.05, 0) is 35.7 Å². The fourth-order valence-electron chi connectivity index (χ4n) is 3.61. The average Bonchev–Trinajstić information content (AvgIpc) is 2.86. The molecule has 0 unspecified atom stereocenters. The van der Waals surface area contributed by atoms with Gasteiger partial charge in [0.1, 0.15) is 11.8 Å². The van der Waals surface area contributed by atoms with Crippen LogP contribution in [-0.2, 0) is 22.6 Å². The summed E-state index contributed by atoms with van der Waals surface area (Å²) in [5.74, 6) is -0.0301. The van der Waals surface area contributed by atoms with Crippen LogP contribution in [0.4, 0.5) is 0 Å². The van der Waals surface area contributed by atoms with Crippen LogP contribution in [0.25, 0.3) is 0 Å². The summed E-state index contributed by atoms with van der Waals surface area (Å²) in [6.07, 6.45) is 0.310. The van der Waals surface area contributed by atoms with Crippen molar-refractivity contribution in [1.29, 1.82) is 0 Å². The maximum absolute atomic E-state index is 13.6. The summed E-state index contributed by atoms with van der Waals surface area (Å²) in [6, 6.07) is 20.8. The maximum atomic E-state index is 13.6. The Kier molecular flexibility index (Phi) is 10.5. The van der Waals surface area contributed by atoms with Crippen LogP contribution in [0.3, 0.4) is 0 Å². The Hall–Kier alpha value is -2.73. The van der Waals surface area contributed by atoms with E-state index in [9.17, 15) is 9.59 Å². The molecule has 1 N–H and O–H groups in total. The largest absolute Gasteiger partial charge is 0.482 e. The van der Waals surface area contributed by atoms with Gasteiger partial charge in [-0.2, -0.15) is 0 Å². The molecule has 0 radical (unpaired) electrons. The number of hydrogen-bond acceptors (Lipinski definition) is 3. The first-order valence-corrected chi connectivity index (χ1v) is 12.8. The van der Waals surface area contributed by atoms with Gasteiger partial charge in [0.25, 0.3) is 5.91 Å². The summed E-state index contributed by atoms with van der Waals surface area (Å²) in [5.41, 5.74) is 1.47. The minimum Gasteiger partial charge on any atom is -0.482 e. The van der Waals surface area contributed by atoms with Gasteiger partial charge in [0.05, 0.1) is 5.02 Å². The first-order valence-electron chi connectivity index (χ1n) is 11.7. The van der Waals surface area contributed by atoms with Crippen LogP contribution in [0.2, 0.25) is 15.1 Å². The quantitative estimate of drug-likeness (QED) is 0.301. The van der Waals surface area contributed by atoms with Crippen molar-refractivity contribution < 1.29 is 14.3 Å². The molecule has 1 atom stereocenters. The van der Waals surface area contributed by atoms with E-state index < -0.39 is 11.9 Å². The Labute approximate surface area is 227 Å². The highest BCUT2D eigenvalue weighted by molar-refractivity contribution is 6.36. The van der Waals surface area contributed by atoms with Gasteiger partial charge < -0.3 is 15.0 Å². The van der Waals surface area contributed by atoms with E-state index >= 15 is 0 Å². The molecule has 36 heavy (non-hydrogen) atoms. The summed E-state index contributed by atoms with van der Waals surface area (Å²) < 4.78 is 5.74. The van der Waals surface area contributed by atoms with E-state index in [4.69, 9.17) is 39.5 Å². The van der Waals surface area contributed by atoms with Gasteiger partial charge >= 0.3 is 0 Å². The van der Waals surface area contributed by atoms with Crippen molar-refractivity contribution in [2.24, 2.45) is 5.92 Å². The third-order valence-corrected chi connectivity index (χ3v) is 6.55. The smallest absolute Gasteiger partial charge is 0.261 e. The molecule has 0 aromatic heterocycles. The molecule has 0 spiro atoms. The van der Waals surface area contributed by atoms with Crippen LogP contribution < -0.4 is 10.1 Å². The molecule has 3 aromatic rings. The Morgan fingerprint density at radius 2 is 1.47 bits per heavy atom. The van der Waals surface area contributed by atoms with Crippen LogP contribution in [0.15, 0.2) is 72.8 Å². The highest BCUT2D eigenvalue weighted by atomic mass is 35.5. The molecule has 0 aliphatic rings. The molecule has 2 amide bonds. The van der Waals surface area contributed by atoms with E-state index in [-0.39, 0.29) is 25.0 Å². The first kappa shape index (κ1) is 27.9. The molecule has 190 valence electrons. The van der Waals surface area contributed by atoms with Crippen LogP contribution in [-0.4, -0.2) is 35.9 Å². The van der Waals surface area contributed by atoms with Gasteiger partial charge in [0, 0.05) is 35.1 Å². The predicted octanol–water partition coefficient (Wildman–Crippen LogP) is 6.44. The number of halogens is 3. The molecule has 0 saturated heterocycles. The third-order valence-electron chi connectivity index (χ3n) is 5.53. The Morgan fingerprint density at radius 1 is 0.861 bits per heavy atom. The lowest BCUT2D eigenvalue weighted by atomic mass is 10.0. The standard InChI is InChI=1S/C28H29Cl3N2O3/c1-19(2)16-32-28(35)25(15-20-9-4-3-5-10-20)33(17-21-22(29)12-8-13-23(21)30)27(34)18-36-26-14-7-6-11-24(26)31/h3-14,19,25H,15-18H2,1-2H3,(H,32,35)/t25-/m1/s1. The normalized spacial score (nSPS) is 11.7. The lowest BCUT2D eigenvalue weighted by Crippen LogP contribution is -2.52. The molecule has 0 heterocycles. The van der Waals surface area contributed by atoms with Crippen LogP contribution in [0, 0.1) is 5.92 Å². The minimum absolute atomic E-state index is 0.0375. The van der Waals surface area contributed by atoms with Crippen molar-refractivity contribution in [2.45, 2.75) is 32.9 Å². The summed E-state index contributed by atoms with van der Waals surface area (Å²) >= 11 is 19.1. The van der Waals surface area contributed by atoms with Crippen molar-refractivity contribution in [1.82, 2.24) is 10.2 Å². The number of ether oxygens (including phenoxy) is 1. The number of rotatable bonds is 11. The van der Waals surface area contributed by atoms with E-state index in [1.165, 1.54) is 4.90 Å². The number of para-hydroxylation sites is 1. The Bertz CT molecular complexity index is 1150. The molecule has 0 aliphatic carbocycles. The van der Waals surface area contributed by atoms with E-state index in [0.29, 0.717) is 39.3 Å². The lowest BCUT2D eigenvalue weighted by molar-refractivity contribution is -0.142. The molecule has 0 saturated carbocycles. The molecule has 8 heteroatoms. The molecular weight excluding hydrogens is 519 g/mol. The molecule has 3 rings (SSSR count). The SMILES string of the molecule is CC(C)CNC(=O)[C@@H](Cc1ccccc1)N(Cc1c(Cl)cccc1Cl)C(=O)COc1ccccc1Cl. The van der Waals surface area contributed by atoms with E-state index in [2.05, 4.69) is 5.32 Å². The number of nitrogens with zero attached hydrogens (tertiary/aromatic N) is 1. The van der Waals surface area contributed by atoms with E-state index in [1.54, 1.807) is 42.5 Å².